The maximum absolute atomic E-state index is 5.96. The fourth-order valence-electron chi connectivity index (χ4n) is 1.56. The summed E-state index contributed by atoms with van der Waals surface area (Å²) in [6.07, 6.45) is 2.17. The molecule has 1 heterocycles. The van der Waals surface area contributed by atoms with Crippen LogP contribution in [0, 0.1) is 13.8 Å². The Hall–Kier alpha value is -0.990. The largest absolute Gasteiger partial charge is 0.384 e. The number of anilines is 1. The fourth-order valence-corrected chi connectivity index (χ4v) is 1.56. The van der Waals surface area contributed by atoms with Crippen molar-refractivity contribution in [2.24, 2.45) is 0 Å². The first kappa shape index (κ1) is 10.1. The van der Waals surface area contributed by atoms with Crippen LogP contribution in [-0.4, -0.2) is 9.78 Å². The van der Waals surface area contributed by atoms with Gasteiger partial charge >= 0.3 is 0 Å². The molecule has 3 heteroatoms. The van der Waals surface area contributed by atoms with Crippen LogP contribution >= 0.6 is 0 Å². The minimum absolute atomic E-state index is 0.451. The second kappa shape index (κ2) is 3.81. The van der Waals surface area contributed by atoms with Gasteiger partial charge in [-0.25, -0.2) is 4.68 Å². The highest BCUT2D eigenvalue weighted by molar-refractivity contribution is 5.42. The van der Waals surface area contributed by atoms with E-state index in [0.717, 1.165) is 29.9 Å². The normalized spacial score (nSPS) is 11.2. The molecule has 0 radical (unpaired) electrons. The number of aryl methyl sites for hydroxylation is 1. The van der Waals surface area contributed by atoms with Crippen molar-refractivity contribution in [1.29, 1.82) is 0 Å². The molecule has 0 aromatic carbocycles. The van der Waals surface area contributed by atoms with Crippen LogP contribution in [0.5, 0.6) is 0 Å². The molecule has 0 aliphatic heterocycles. The van der Waals surface area contributed by atoms with Crippen LogP contribution in [0.4, 0.5) is 5.82 Å². The van der Waals surface area contributed by atoms with Gasteiger partial charge in [-0.2, -0.15) is 5.10 Å². The van der Waals surface area contributed by atoms with E-state index in [1.54, 1.807) is 0 Å². The first-order chi connectivity index (χ1) is 6.11. The van der Waals surface area contributed by atoms with E-state index in [1.165, 1.54) is 0 Å². The van der Waals surface area contributed by atoms with Crippen LogP contribution in [0.1, 0.15) is 44.0 Å². The Morgan fingerprint density at radius 2 is 1.85 bits per heavy atom. The number of hydrogen-bond acceptors (Lipinski definition) is 2. The smallest absolute Gasteiger partial charge is 0.125 e. The number of nitrogen functional groups attached to an aromatic ring is 1. The van der Waals surface area contributed by atoms with Gasteiger partial charge in [0.15, 0.2) is 0 Å². The molecule has 0 spiro atoms. The van der Waals surface area contributed by atoms with Gasteiger partial charge in [0.25, 0.3) is 0 Å². The second-order valence-corrected chi connectivity index (χ2v) is 3.51. The van der Waals surface area contributed by atoms with E-state index < -0.39 is 0 Å². The van der Waals surface area contributed by atoms with Gasteiger partial charge in [0, 0.05) is 5.56 Å². The van der Waals surface area contributed by atoms with Crippen LogP contribution in [0.15, 0.2) is 0 Å². The molecule has 0 saturated carbocycles. The SMILES string of the molecule is CCC(CC)n1nc(C)c(C)c1N. The molecule has 0 aliphatic rings. The van der Waals surface area contributed by atoms with Crippen molar-refractivity contribution in [3.05, 3.63) is 11.3 Å². The van der Waals surface area contributed by atoms with Crippen molar-refractivity contribution in [2.75, 3.05) is 5.73 Å². The minimum Gasteiger partial charge on any atom is -0.384 e. The molecule has 0 amide bonds. The Kier molecular flexibility index (Phi) is 2.96. The van der Waals surface area contributed by atoms with Crippen LogP contribution in [0.3, 0.4) is 0 Å². The Balaban J connectivity index is 3.06. The molecule has 0 bridgehead atoms. The van der Waals surface area contributed by atoms with E-state index in [2.05, 4.69) is 18.9 Å². The molecule has 0 unspecified atom stereocenters. The third-order valence-corrected chi connectivity index (χ3v) is 2.72. The molecule has 0 fully saturated rings. The molecule has 13 heavy (non-hydrogen) atoms. The molecule has 0 atom stereocenters. The second-order valence-electron chi connectivity index (χ2n) is 3.51. The summed E-state index contributed by atoms with van der Waals surface area (Å²) in [7, 11) is 0. The molecular weight excluding hydrogens is 162 g/mol. The summed E-state index contributed by atoms with van der Waals surface area (Å²) in [6, 6.07) is 0.451. The highest BCUT2D eigenvalue weighted by Gasteiger charge is 2.13. The first-order valence-corrected chi connectivity index (χ1v) is 4.92. The van der Waals surface area contributed by atoms with Gasteiger partial charge in [0.05, 0.1) is 11.7 Å². The molecule has 0 aliphatic carbocycles. The summed E-state index contributed by atoms with van der Waals surface area (Å²) in [5.74, 6) is 0.825. The molecule has 2 N–H and O–H groups in total. The van der Waals surface area contributed by atoms with Gasteiger partial charge in [-0.3, -0.25) is 0 Å². The number of nitrogens with zero attached hydrogens (tertiary/aromatic N) is 2. The lowest BCUT2D eigenvalue weighted by molar-refractivity contribution is 0.432. The lowest BCUT2D eigenvalue weighted by atomic mass is 10.2. The van der Waals surface area contributed by atoms with E-state index in [9.17, 15) is 0 Å². The number of rotatable bonds is 3. The monoisotopic (exact) mass is 181 g/mol. The van der Waals surface area contributed by atoms with Crippen molar-refractivity contribution in [1.82, 2.24) is 9.78 Å². The first-order valence-electron chi connectivity index (χ1n) is 4.92. The van der Waals surface area contributed by atoms with Gasteiger partial charge < -0.3 is 5.73 Å². The average molecular weight is 181 g/mol. The Bertz CT molecular complexity index is 285. The van der Waals surface area contributed by atoms with Crippen molar-refractivity contribution < 1.29 is 0 Å². The summed E-state index contributed by atoms with van der Waals surface area (Å²) in [6.45, 7) is 8.36. The van der Waals surface area contributed by atoms with E-state index in [4.69, 9.17) is 5.73 Å². The molecule has 1 aromatic rings. The standard InChI is InChI=1S/C10H19N3/c1-5-9(6-2)13-10(11)7(3)8(4)12-13/h9H,5-6,11H2,1-4H3. The Morgan fingerprint density at radius 1 is 1.31 bits per heavy atom. The maximum atomic E-state index is 5.96. The molecule has 3 nitrogen and oxygen atoms in total. The average Bonchev–Trinajstić information content (AvgIpc) is 2.36. The van der Waals surface area contributed by atoms with Gasteiger partial charge in [0.2, 0.25) is 0 Å². The quantitative estimate of drug-likeness (QED) is 0.778. The summed E-state index contributed by atoms with van der Waals surface area (Å²) in [5.41, 5.74) is 8.12. The van der Waals surface area contributed by atoms with Crippen molar-refractivity contribution >= 4 is 5.82 Å². The van der Waals surface area contributed by atoms with E-state index >= 15 is 0 Å². The highest BCUT2D eigenvalue weighted by atomic mass is 15.3. The Labute approximate surface area is 79.9 Å². The topological polar surface area (TPSA) is 43.8 Å². The third kappa shape index (κ3) is 1.69. The highest BCUT2D eigenvalue weighted by Crippen LogP contribution is 2.23. The summed E-state index contributed by atoms with van der Waals surface area (Å²) < 4.78 is 1.96. The van der Waals surface area contributed by atoms with Crippen LogP contribution < -0.4 is 5.73 Å². The fraction of sp³-hybridized carbons (Fsp3) is 0.700. The predicted octanol–water partition coefficient (Wildman–Crippen LogP) is 2.44. The zero-order valence-electron chi connectivity index (χ0n) is 8.96. The zero-order chi connectivity index (χ0) is 10.0. The van der Waals surface area contributed by atoms with Crippen molar-refractivity contribution in [2.45, 2.75) is 46.6 Å². The lowest BCUT2D eigenvalue weighted by Gasteiger charge is -2.14. The lowest BCUT2D eigenvalue weighted by Crippen LogP contribution is -2.11. The number of aromatic nitrogens is 2. The zero-order valence-corrected chi connectivity index (χ0v) is 8.96. The molecule has 74 valence electrons. The molecular formula is C10H19N3. The van der Waals surface area contributed by atoms with Crippen LogP contribution in [0.25, 0.3) is 0 Å². The predicted molar refractivity (Wildman–Crippen MR) is 55.7 cm³/mol. The summed E-state index contributed by atoms with van der Waals surface area (Å²) in [4.78, 5) is 0. The maximum Gasteiger partial charge on any atom is 0.125 e. The van der Waals surface area contributed by atoms with E-state index in [1.807, 2.05) is 18.5 Å². The molecule has 0 saturated heterocycles. The van der Waals surface area contributed by atoms with Gasteiger partial charge in [-0.05, 0) is 26.7 Å². The van der Waals surface area contributed by atoms with E-state index in [-0.39, 0.29) is 0 Å². The molecule has 1 aromatic heterocycles. The van der Waals surface area contributed by atoms with Gasteiger partial charge in [0.1, 0.15) is 5.82 Å². The molecule has 1 rings (SSSR count). The van der Waals surface area contributed by atoms with Crippen LogP contribution in [-0.2, 0) is 0 Å². The van der Waals surface area contributed by atoms with E-state index in [0.29, 0.717) is 6.04 Å². The summed E-state index contributed by atoms with van der Waals surface area (Å²) >= 11 is 0. The number of hydrogen-bond donors (Lipinski definition) is 1. The van der Waals surface area contributed by atoms with Crippen molar-refractivity contribution in [3.8, 4) is 0 Å². The van der Waals surface area contributed by atoms with Gasteiger partial charge in [-0.1, -0.05) is 13.8 Å². The minimum atomic E-state index is 0.451. The third-order valence-electron chi connectivity index (χ3n) is 2.72. The van der Waals surface area contributed by atoms with Crippen LogP contribution in [0.2, 0.25) is 0 Å². The number of nitrogens with two attached hydrogens (primary N) is 1. The Morgan fingerprint density at radius 3 is 2.15 bits per heavy atom. The van der Waals surface area contributed by atoms with Gasteiger partial charge in [-0.15, -0.1) is 0 Å². The summed E-state index contributed by atoms with van der Waals surface area (Å²) in [5, 5.41) is 4.44. The van der Waals surface area contributed by atoms with Crippen molar-refractivity contribution in [3.63, 3.8) is 0 Å².